The van der Waals surface area contributed by atoms with E-state index in [1.807, 2.05) is 30.3 Å². The van der Waals surface area contributed by atoms with Crippen molar-refractivity contribution in [2.24, 2.45) is 5.92 Å². The Morgan fingerprint density at radius 1 is 0.842 bits per heavy atom. The highest BCUT2D eigenvalue weighted by Gasteiger charge is 2.19. The number of esters is 1. The van der Waals surface area contributed by atoms with Crippen molar-refractivity contribution in [1.29, 1.82) is 0 Å². The minimum Gasteiger partial charge on any atom is -0.491 e. The highest BCUT2D eigenvalue weighted by molar-refractivity contribution is 5.86. The number of benzene rings is 3. The summed E-state index contributed by atoms with van der Waals surface area (Å²) >= 11 is 0. The van der Waals surface area contributed by atoms with E-state index in [-0.39, 0.29) is 26.4 Å². The van der Waals surface area contributed by atoms with E-state index in [1.165, 1.54) is 31.2 Å². The molecule has 1 fully saturated rings. The van der Waals surface area contributed by atoms with Gasteiger partial charge in [0.1, 0.15) is 31.3 Å². The molecule has 1 saturated carbocycles. The Hall–Kier alpha value is -3.57. The average Bonchev–Trinajstić information content (AvgIpc) is 2.95. The molecular formula is C33H38O5. The van der Waals surface area contributed by atoms with Crippen molar-refractivity contribution in [3.05, 3.63) is 84.4 Å². The molecule has 0 aromatic heterocycles. The second-order valence-corrected chi connectivity index (χ2v) is 10.2. The highest BCUT2D eigenvalue weighted by atomic mass is 16.6. The van der Waals surface area contributed by atoms with E-state index in [0.29, 0.717) is 23.0 Å². The number of hydrogen-bond acceptors (Lipinski definition) is 5. The van der Waals surface area contributed by atoms with Crippen molar-refractivity contribution >= 4 is 5.97 Å². The molecule has 0 saturated heterocycles. The zero-order valence-corrected chi connectivity index (χ0v) is 22.4. The van der Waals surface area contributed by atoms with Crippen LogP contribution in [0.3, 0.4) is 0 Å². The van der Waals surface area contributed by atoms with Gasteiger partial charge in [0.15, 0.2) is 0 Å². The summed E-state index contributed by atoms with van der Waals surface area (Å²) in [5, 5.41) is 9.00. The third-order valence-corrected chi connectivity index (χ3v) is 7.16. The first kappa shape index (κ1) is 27.5. The summed E-state index contributed by atoms with van der Waals surface area (Å²) in [6, 6.07) is 22.8. The van der Waals surface area contributed by atoms with Gasteiger partial charge in [-0.1, -0.05) is 74.9 Å². The first-order chi connectivity index (χ1) is 18.4. The molecule has 1 aliphatic rings. The van der Waals surface area contributed by atoms with Crippen LogP contribution in [0.1, 0.15) is 51.0 Å². The summed E-state index contributed by atoms with van der Waals surface area (Å²) in [4.78, 5) is 11.7. The summed E-state index contributed by atoms with van der Waals surface area (Å²) < 4.78 is 16.8. The van der Waals surface area contributed by atoms with E-state index in [4.69, 9.17) is 19.3 Å². The standard InChI is InChI=1S/C33H38O5/c1-23(2)33(35)38-21-20-37-32-22-29(14-17-31(32)28-12-15-30(16-13-28)36-19-18-34)27-10-8-26(9-11-27)25-6-4-24(3)5-7-25/h8-17,22,24-25,34H,1,4-7,18-21H2,2-3H3. The second kappa shape index (κ2) is 13.3. The van der Waals surface area contributed by atoms with Gasteiger partial charge in [0.25, 0.3) is 0 Å². The van der Waals surface area contributed by atoms with Crippen molar-refractivity contribution in [1.82, 2.24) is 0 Å². The van der Waals surface area contributed by atoms with E-state index < -0.39 is 5.97 Å². The maximum absolute atomic E-state index is 11.7. The highest BCUT2D eigenvalue weighted by Crippen LogP contribution is 2.38. The van der Waals surface area contributed by atoms with E-state index in [0.717, 1.165) is 28.2 Å². The molecule has 0 aliphatic heterocycles. The molecule has 200 valence electrons. The van der Waals surface area contributed by atoms with Crippen LogP contribution in [0.15, 0.2) is 78.9 Å². The molecule has 0 amide bonds. The number of ether oxygens (including phenoxy) is 3. The normalized spacial score (nSPS) is 17.0. The molecule has 38 heavy (non-hydrogen) atoms. The van der Waals surface area contributed by atoms with E-state index >= 15 is 0 Å². The second-order valence-electron chi connectivity index (χ2n) is 10.2. The Morgan fingerprint density at radius 2 is 1.50 bits per heavy atom. The van der Waals surface area contributed by atoms with Crippen molar-refractivity contribution in [2.75, 3.05) is 26.4 Å². The van der Waals surface area contributed by atoms with Gasteiger partial charge in [0.2, 0.25) is 0 Å². The van der Waals surface area contributed by atoms with Gasteiger partial charge < -0.3 is 19.3 Å². The van der Waals surface area contributed by atoms with Gasteiger partial charge in [0, 0.05) is 11.1 Å². The smallest absolute Gasteiger partial charge is 0.333 e. The molecule has 5 nitrogen and oxygen atoms in total. The molecule has 5 heteroatoms. The fraction of sp³-hybridized carbons (Fsp3) is 0.364. The van der Waals surface area contributed by atoms with Gasteiger partial charge in [-0.25, -0.2) is 4.79 Å². The summed E-state index contributed by atoms with van der Waals surface area (Å²) in [5.41, 5.74) is 5.90. The number of aliphatic hydroxyl groups is 1. The minimum absolute atomic E-state index is 0.0298. The van der Waals surface area contributed by atoms with Gasteiger partial charge in [-0.2, -0.15) is 0 Å². The third-order valence-electron chi connectivity index (χ3n) is 7.16. The van der Waals surface area contributed by atoms with Gasteiger partial charge in [-0.05, 0) is 72.1 Å². The fourth-order valence-electron chi connectivity index (χ4n) is 4.90. The molecule has 4 rings (SSSR count). The minimum atomic E-state index is -0.423. The van der Waals surface area contributed by atoms with Crippen LogP contribution in [-0.2, 0) is 9.53 Å². The largest absolute Gasteiger partial charge is 0.491 e. The number of rotatable bonds is 11. The number of carbonyl (C=O) groups is 1. The number of aliphatic hydroxyl groups excluding tert-OH is 1. The SMILES string of the molecule is C=C(C)C(=O)OCCOc1cc(-c2ccc(C3CCC(C)CC3)cc2)ccc1-c1ccc(OCCO)cc1. The van der Waals surface area contributed by atoms with Crippen LogP contribution in [-0.4, -0.2) is 37.5 Å². The predicted octanol–water partition coefficient (Wildman–Crippen LogP) is 7.18. The van der Waals surface area contributed by atoms with Gasteiger partial charge >= 0.3 is 5.97 Å². The molecule has 1 N–H and O–H groups in total. The van der Waals surface area contributed by atoms with Gasteiger partial charge in [0.05, 0.1) is 6.61 Å². The van der Waals surface area contributed by atoms with Crippen LogP contribution in [0, 0.1) is 5.92 Å². The molecule has 0 atom stereocenters. The molecule has 0 unspecified atom stereocenters. The lowest BCUT2D eigenvalue weighted by Gasteiger charge is -2.26. The number of hydrogen-bond donors (Lipinski definition) is 1. The maximum Gasteiger partial charge on any atom is 0.333 e. The summed E-state index contributed by atoms with van der Waals surface area (Å²) in [6.07, 6.45) is 5.16. The third kappa shape index (κ3) is 7.26. The van der Waals surface area contributed by atoms with Crippen LogP contribution >= 0.6 is 0 Å². The van der Waals surface area contributed by atoms with Gasteiger partial charge in [-0.15, -0.1) is 0 Å². The predicted molar refractivity (Wildman–Crippen MR) is 152 cm³/mol. The molecule has 0 heterocycles. The van der Waals surface area contributed by atoms with Crippen LogP contribution in [0.4, 0.5) is 0 Å². The zero-order chi connectivity index (χ0) is 26.9. The molecule has 0 bridgehead atoms. The average molecular weight is 515 g/mol. The maximum atomic E-state index is 11.7. The van der Waals surface area contributed by atoms with Crippen LogP contribution < -0.4 is 9.47 Å². The van der Waals surface area contributed by atoms with Crippen LogP contribution in [0.25, 0.3) is 22.3 Å². The quantitative estimate of drug-likeness (QED) is 0.167. The summed E-state index contributed by atoms with van der Waals surface area (Å²) in [5.74, 6) is 2.49. The van der Waals surface area contributed by atoms with E-state index in [9.17, 15) is 4.79 Å². The molecular weight excluding hydrogens is 476 g/mol. The van der Waals surface area contributed by atoms with Crippen molar-refractivity contribution in [2.45, 2.75) is 45.4 Å². The lowest BCUT2D eigenvalue weighted by molar-refractivity contribution is -0.139. The Morgan fingerprint density at radius 3 is 2.16 bits per heavy atom. The fourth-order valence-corrected chi connectivity index (χ4v) is 4.90. The van der Waals surface area contributed by atoms with Crippen LogP contribution in [0.5, 0.6) is 11.5 Å². The zero-order valence-electron chi connectivity index (χ0n) is 22.4. The van der Waals surface area contributed by atoms with E-state index in [2.05, 4.69) is 49.9 Å². The molecule has 0 spiro atoms. The summed E-state index contributed by atoms with van der Waals surface area (Å²) in [7, 11) is 0. The van der Waals surface area contributed by atoms with E-state index in [1.54, 1.807) is 6.92 Å². The molecule has 3 aromatic rings. The molecule has 1 aliphatic carbocycles. The first-order valence-corrected chi connectivity index (χ1v) is 13.5. The molecule has 3 aromatic carbocycles. The topological polar surface area (TPSA) is 65.0 Å². The van der Waals surface area contributed by atoms with Crippen LogP contribution in [0.2, 0.25) is 0 Å². The van der Waals surface area contributed by atoms with Crippen molar-refractivity contribution in [3.63, 3.8) is 0 Å². The summed E-state index contributed by atoms with van der Waals surface area (Å²) in [6.45, 7) is 8.18. The Balaban J connectivity index is 1.54. The van der Waals surface area contributed by atoms with Gasteiger partial charge in [-0.3, -0.25) is 0 Å². The first-order valence-electron chi connectivity index (χ1n) is 13.5. The Bertz CT molecular complexity index is 1210. The number of carbonyl (C=O) groups excluding carboxylic acids is 1. The van der Waals surface area contributed by atoms with Crippen molar-refractivity contribution in [3.8, 4) is 33.8 Å². The van der Waals surface area contributed by atoms with Crippen molar-refractivity contribution < 1.29 is 24.1 Å². The monoisotopic (exact) mass is 514 g/mol. The molecule has 0 radical (unpaired) electrons. The lowest BCUT2D eigenvalue weighted by atomic mass is 9.79. The Kier molecular flexibility index (Phi) is 9.61. The lowest BCUT2D eigenvalue weighted by Crippen LogP contribution is -2.12. The Labute approximate surface area is 226 Å².